The minimum absolute atomic E-state index is 0.0635. The highest BCUT2D eigenvalue weighted by atomic mass is 32.2. The van der Waals surface area contributed by atoms with Crippen LogP contribution in [0.15, 0.2) is 35.2 Å². The van der Waals surface area contributed by atoms with Crippen LogP contribution in [0.2, 0.25) is 0 Å². The molecule has 0 N–H and O–H groups in total. The van der Waals surface area contributed by atoms with E-state index in [0.29, 0.717) is 12.4 Å². The molecule has 3 nitrogen and oxygen atoms in total. The Bertz CT molecular complexity index is 336. The molecular formula is C12H15NO2S. The summed E-state index contributed by atoms with van der Waals surface area (Å²) in [5.41, 5.74) is 0. The molecule has 0 radical (unpaired) electrons. The van der Waals surface area contributed by atoms with Crippen LogP contribution in [0.25, 0.3) is 0 Å². The number of carbonyl (C=O) groups excluding carboxylic acids is 1. The van der Waals surface area contributed by atoms with Crippen LogP contribution < -0.4 is 0 Å². The van der Waals surface area contributed by atoms with Gasteiger partial charge in [-0.2, -0.15) is 0 Å². The van der Waals surface area contributed by atoms with E-state index in [4.69, 9.17) is 4.84 Å². The van der Waals surface area contributed by atoms with E-state index in [1.165, 1.54) is 5.06 Å². The second kappa shape index (κ2) is 5.92. The number of hydrogen-bond donors (Lipinski definition) is 0. The molecule has 1 aromatic carbocycles. The monoisotopic (exact) mass is 237 g/mol. The molecule has 1 heterocycles. The molecular weight excluding hydrogens is 222 g/mol. The SMILES string of the molecule is O=C(CSc1ccccc1)N1CCCCO1. The van der Waals surface area contributed by atoms with Crippen molar-refractivity contribution in [1.82, 2.24) is 5.06 Å². The zero-order valence-corrected chi connectivity index (χ0v) is 9.91. The second-order valence-electron chi connectivity index (χ2n) is 3.64. The zero-order chi connectivity index (χ0) is 11.2. The molecule has 0 atom stereocenters. The molecule has 0 aliphatic carbocycles. The van der Waals surface area contributed by atoms with Gasteiger partial charge in [-0.25, -0.2) is 5.06 Å². The molecule has 1 amide bonds. The van der Waals surface area contributed by atoms with Gasteiger partial charge >= 0.3 is 0 Å². The Hall–Kier alpha value is -1.00. The molecule has 4 heteroatoms. The maximum absolute atomic E-state index is 11.8. The number of amides is 1. The fourth-order valence-corrected chi connectivity index (χ4v) is 2.31. The first-order chi connectivity index (χ1) is 7.86. The molecule has 1 aliphatic heterocycles. The molecule has 86 valence electrons. The smallest absolute Gasteiger partial charge is 0.256 e. The van der Waals surface area contributed by atoms with E-state index in [-0.39, 0.29) is 5.91 Å². The third-order valence-electron chi connectivity index (χ3n) is 2.39. The number of rotatable bonds is 3. The topological polar surface area (TPSA) is 29.5 Å². The van der Waals surface area contributed by atoms with Crippen molar-refractivity contribution >= 4 is 17.7 Å². The van der Waals surface area contributed by atoms with Crippen LogP contribution in [-0.2, 0) is 9.63 Å². The van der Waals surface area contributed by atoms with E-state index in [2.05, 4.69) is 0 Å². The van der Waals surface area contributed by atoms with Crippen LogP contribution in [0.1, 0.15) is 12.8 Å². The summed E-state index contributed by atoms with van der Waals surface area (Å²) < 4.78 is 0. The van der Waals surface area contributed by atoms with Crippen molar-refractivity contribution in [2.45, 2.75) is 17.7 Å². The fraction of sp³-hybridized carbons (Fsp3) is 0.417. The average molecular weight is 237 g/mol. The lowest BCUT2D eigenvalue weighted by atomic mass is 10.3. The van der Waals surface area contributed by atoms with Gasteiger partial charge in [0.15, 0.2) is 0 Å². The predicted octanol–water partition coefficient (Wildman–Crippen LogP) is 2.33. The quantitative estimate of drug-likeness (QED) is 0.756. The van der Waals surface area contributed by atoms with Crippen LogP contribution in [0.5, 0.6) is 0 Å². The molecule has 0 bridgehead atoms. The normalized spacial score (nSPS) is 16.1. The van der Waals surface area contributed by atoms with Crippen molar-refractivity contribution < 1.29 is 9.63 Å². The van der Waals surface area contributed by atoms with Crippen molar-refractivity contribution in [1.29, 1.82) is 0 Å². The molecule has 1 aromatic rings. The Morgan fingerprint density at radius 1 is 1.31 bits per heavy atom. The number of nitrogens with zero attached hydrogens (tertiary/aromatic N) is 1. The predicted molar refractivity (Wildman–Crippen MR) is 64.1 cm³/mol. The van der Waals surface area contributed by atoms with Crippen LogP contribution in [-0.4, -0.2) is 29.9 Å². The van der Waals surface area contributed by atoms with E-state index in [0.717, 1.165) is 24.3 Å². The number of hydroxylamine groups is 2. The molecule has 2 rings (SSSR count). The average Bonchev–Trinajstić information content (AvgIpc) is 2.38. The van der Waals surface area contributed by atoms with Crippen molar-refractivity contribution in [3.05, 3.63) is 30.3 Å². The largest absolute Gasteiger partial charge is 0.272 e. The molecule has 0 unspecified atom stereocenters. The molecule has 0 aromatic heterocycles. The number of hydrogen-bond acceptors (Lipinski definition) is 3. The van der Waals surface area contributed by atoms with E-state index >= 15 is 0 Å². The Kier molecular flexibility index (Phi) is 4.25. The first kappa shape index (κ1) is 11.5. The highest BCUT2D eigenvalue weighted by molar-refractivity contribution is 8.00. The van der Waals surface area contributed by atoms with Crippen LogP contribution in [0, 0.1) is 0 Å². The summed E-state index contributed by atoms with van der Waals surface area (Å²) in [7, 11) is 0. The first-order valence-corrected chi connectivity index (χ1v) is 6.46. The maximum Gasteiger partial charge on any atom is 0.256 e. The lowest BCUT2D eigenvalue weighted by Crippen LogP contribution is -2.36. The Morgan fingerprint density at radius 2 is 2.12 bits per heavy atom. The molecule has 1 aliphatic rings. The Balaban J connectivity index is 1.79. The van der Waals surface area contributed by atoms with Crippen molar-refractivity contribution in [3.8, 4) is 0 Å². The first-order valence-electron chi connectivity index (χ1n) is 5.47. The minimum atomic E-state index is 0.0635. The molecule has 0 saturated carbocycles. The van der Waals surface area contributed by atoms with Gasteiger partial charge in [0.05, 0.1) is 12.4 Å². The molecule has 0 spiro atoms. The highest BCUT2D eigenvalue weighted by Crippen LogP contribution is 2.18. The van der Waals surface area contributed by atoms with E-state index in [1.54, 1.807) is 11.8 Å². The minimum Gasteiger partial charge on any atom is -0.272 e. The van der Waals surface area contributed by atoms with Crippen molar-refractivity contribution in [3.63, 3.8) is 0 Å². The van der Waals surface area contributed by atoms with Crippen molar-refractivity contribution in [2.75, 3.05) is 18.9 Å². The molecule has 16 heavy (non-hydrogen) atoms. The van der Waals surface area contributed by atoms with Gasteiger partial charge in [0, 0.05) is 11.4 Å². The summed E-state index contributed by atoms with van der Waals surface area (Å²) in [6.07, 6.45) is 2.09. The fourth-order valence-electron chi connectivity index (χ4n) is 1.53. The standard InChI is InChI=1S/C12H15NO2S/c14-12(13-8-4-5-9-15-13)10-16-11-6-2-1-3-7-11/h1-3,6-7H,4-5,8-10H2. The van der Waals surface area contributed by atoms with Gasteiger partial charge in [0.1, 0.15) is 0 Å². The van der Waals surface area contributed by atoms with Gasteiger partial charge < -0.3 is 0 Å². The summed E-state index contributed by atoms with van der Waals surface area (Å²) in [6.45, 7) is 1.40. The lowest BCUT2D eigenvalue weighted by molar-refractivity contribution is -0.194. The zero-order valence-electron chi connectivity index (χ0n) is 9.09. The third kappa shape index (κ3) is 3.25. The summed E-state index contributed by atoms with van der Waals surface area (Å²) in [5.74, 6) is 0.512. The molecule has 1 saturated heterocycles. The highest BCUT2D eigenvalue weighted by Gasteiger charge is 2.17. The van der Waals surface area contributed by atoms with E-state index in [1.807, 2.05) is 30.3 Å². The Labute approximate surface area is 99.7 Å². The lowest BCUT2D eigenvalue weighted by Gasteiger charge is -2.25. The summed E-state index contributed by atoms with van der Waals surface area (Å²) in [4.78, 5) is 18.2. The Morgan fingerprint density at radius 3 is 2.81 bits per heavy atom. The van der Waals surface area contributed by atoms with Crippen molar-refractivity contribution in [2.24, 2.45) is 0 Å². The van der Waals surface area contributed by atoms with E-state index in [9.17, 15) is 4.79 Å². The second-order valence-corrected chi connectivity index (χ2v) is 4.69. The van der Waals surface area contributed by atoms with Crippen LogP contribution in [0.4, 0.5) is 0 Å². The van der Waals surface area contributed by atoms with Gasteiger partial charge in [-0.3, -0.25) is 9.63 Å². The van der Waals surface area contributed by atoms with Gasteiger partial charge in [-0.1, -0.05) is 18.2 Å². The maximum atomic E-state index is 11.8. The number of thioether (sulfide) groups is 1. The summed E-state index contributed by atoms with van der Waals surface area (Å²) in [6, 6.07) is 9.94. The van der Waals surface area contributed by atoms with Crippen LogP contribution >= 0.6 is 11.8 Å². The molecule has 1 fully saturated rings. The summed E-state index contributed by atoms with van der Waals surface area (Å²) in [5, 5.41) is 1.50. The van der Waals surface area contributed by atoms with Gasteiger partial charge in [0.2, 0.25) is 0 Å². The van der Waals surface area contributed by atoms with Gasteiger partial charge in [-0.15, -0.1) is 11.8 Å². The van der Waals surface area contributed by atoms with Crippen LogP contribution in [0.3, 0.4) is 0 Å². The summed E-state index contributed by atoms with van der Waals surface area (Å²) >= 11 is 1.55. The van der Waals surface area contributed by atoms with E-state index < -0.39 is 0 Å². The number of carbonyl (C=O) groups is 1. The third-order valence-corrected chi connectivity index (χ3v) is 3.38. The van der Waals surface area contributed by atoms with Gasteiger partial charge in [-0.05, 0) is 25.0 Å². The number of benzene rings is 1. The van der Waals surface area contributed by atoms with Gasteiger partial charge in [0.25, 0.3) is 5.91 Å².